The summed E-state index contributed by atoms with van der Waals surface area (Å²) in [5, 5.41) is 20.7. The minimum Gasteiger partial charge on any atom is -0.626 e. The van der Waals surface area contributed by atoms with Crippen LogP contribution in [0.4, 0.5) is 5.82 Å². The maximum absolute atomic E-state index is 12.3. The third-order valence-corrected chi connectivity index (χ3v) is 6.02. The fourth-order valence-electron chi connectivity index (χ4n) is 3.94. The van der Waals surface area contributed by atoms with Crippen LogP contribution in [0.5, 0.6) is 0 Å². The number of amidine groups is 1. The molecule has 0 radical (unpaired) electrons. The lowest BCUT2D eigenvalue weighted by atomic mass is 9.92. The lowest BCUT2D eigenvalue weighted by Gasteiger charge is -2.35. The second kappa shape index (κ2) is 8.15. The van der Waals surface area contributed by atoms with Crippen LogP contribution in [0.15, 0.2) is 29.3 Å². The number of aromatic nitrogens is 1. The van der Waals surface area contributed by atoms with Crippen molar-refractivity contribution in [3.63, 3.8) is 0 Å². The molecule has 0 spiro atoms. The van der Waals surface area contributed by atoms with Crippen LogP contribution < -0.4 is 15.7 Å². The normalized spacial score (nSPS) is 23.1. The first-order chi connectivity index (χ1) is 13.5. The first kappa shape index (κ1) is 19.3. The number of aryl methyl sites for hydroxylation is 1. The summed E-state index contributed by atoms with van der Waals surface area (Å²) in [6, 6.07) is 9.50. The Morgan fingerprint density at radius 3 is 2.75 bits per heavy atom. The molecule has 150 valence electrons. The summed E-state index contributed by atoms with van der Waals surface area (Å²) in [5.41, 5.74) is 2.96. The quantitative estimate of drug-likeness (QED) is 0.615. The number of hydroxylamine groups is 2. The number of benzene rings is 1. The lowest BCUT2D eigenvalue weighted by Crippen LogP contribution is -3.18. The molecule has 4 rings (SSSR count). The van der Waals surface area contributed by atoms with Crippen molar-refractivity contribution in [3.05, 3.63) is 40.6 Å². The SMILES string of the molecule is CCC(CCNc1nc2ccc(C)cc2cc1C1=NC(C)[NH+]1[O-])NC1CCC1. The van der Waals surface area contributed by atoms with Crippen molar-refractivity contribution in [2.24, 2.45) is 4.99 Å². The van der Waals surface area contributed by atoms with Gasteiger partial charge in [-0.05, 0) is 50.8 Å². The average molecular weight is 382 g/mol. The molecule has 1 aliphatic carbocycles. The minimum atomic E-state index is -0.229. The highest BCUT2D eigenvalue weighted by Crippen LogP contribution is 2.23. The van der Waals surface area contributed by atoms with E-state index in [-0.39, 0.29) is 11.2 Å². The van der Waals surface area contributed by atoms with Crippen molar-refractivity contribution in [2.75, 3.05) is 11.9 Å². The van der Waals surface area contributed by atoms with E-state index >= 15 is 0 Å². The first-order valence-electron chi connectivity index (χ1n) is 10.6. The van der Waals surface area contributed by atoms with Crippen LogP contribution in [0.2, 0.25) is 0 Å². The Labute approximate surface area is 167 Å². The van der Waals surface area contributed by atoms with Gasteiger partial charge in [0.15, 0.2) is 6.17 Å². The molecule has 1 saturated carbocycles. The number of fused-ring (bicyclic) bond motifs is 1. The van der Waals surface area contributed by atoms with Crippen LogP contribution in [0, 0.1) is 12.1 Å². The standard InChI is InChI=1S/C22H31N5O/c1-4-17(25-18-6-5-7-18)10-11-23-21-19(22-24-15(3)27(22)28)13-16-12-14(2)8-9-20(16)26-21/h8-9,12-13,15,17-18,25,27H,4-7,10-11H2,1-3H3,(H,23,26). The molecule has 6 heteroatoms. The highest BCUT2D eigenvalue weighted by molar-refractivity contribution is 6.02. The number of rotatable bonds is 8. The summed E-state index contributed by atoms with van der Waals surface area (Å²) in [4.78, 5) is 9.28. The maximum atomic E-state index is 12.3. The number of hydrogen-bond acceptors (Lipinski definition) is 5. The Kier molecular flexibility index (Phi) is 5.62. The van der Waals surface area contributed by atoms with E-state index in [2.05, 4.69) is 47.7 Å². The summed E-state index contributed by atoms with van der Waals surface area (Å²) in [7, 11) is 0. The van der Waals surface area contributed by atoms with Gasteiger partial charge in [0.25, 0.3) is 0 Å². The zero-order valence-corrected chi connectivity index (χ0v) is 17.1. The van der Waals surface area contributed by atoms with Crippen LogP contribution in [0.3, 0.4) is 0 Å². The molecule has 1 aromatic heterocycles. The van der Waals surface area contributed by atoms with Gasteiger partial charge in [0.05, 0.1) is 11.1 Å². The number of aliphatic imine (C=N–C) groups is 1. The van der Waals surface area contributed by atoms with E-state index in [1.807, 2.05) is 13.0 Å². The summed E-state index contributed by atoms with van der Waals surface area (Å²) >= 11 is 0. The number of pyridine rings is 1. The van der Waals surface area contributed by atoms with E-state index in [0.717, 1.165) is 41.7 Å². The molecule has 0 saturated heterocycles. The Balaban J connectivity index is 1.52. The molecule has 3 unspecified atom stereocenters. The van der Waals surface area contributed by atoms with Crippen molar-refractivity contribution < 1.29 is 5.06 Å². The van der Waals surface area contributed by atoms with Crippen molar-refractivity contribution in [2.45, 2.75) is 71.1 Å². The molecule has 28 heavy (non-hydrogen) atoms. The Hall–Kier alpha value is -2.02. The van der Waals surface area contributed by atoms with E-state index in [4.69, 9.17) is 4.98 Å². The molecule has 2 aliphatic rings. The van der Waals surface area contributed by atoms with Crippen LogP contribution in [0.1, 0.15) is 57.1 Å². The summed E-state index contributed by atoms with van der Waals surface area (Å²) in [5.74, 6) is 1.33. The molecular formula is C22H31N5O. The molecule has 6 nitrogen and oxygen atoms in total. The highest BCUT2D eigenvalue weighted by atomic mass is 16.5. The van der Waals surface area contributed by atoms with E-state index in [1.54, 1.807) is 0 Å². The predicted octanol–water partition coefficient (Wildman–Crippen LogP) is 2.75. The number of nitrogens with zero attached hydrogens (tertiary/aromatic N) is 2. The topological polar surface area (TPSA) is 76.8 Å². The number of nitrogens with one attached hydrogen (secondary N) is 3. The van der Waals surface area contributed by atoms with Crippen LogP contribution in [-0.2, 0) is 0 Å². The predicted molar refractivity (Wildman–Crippen MR) is 115 cm³/mol. The summed E-state index contributed by atoms with van der Waals surface area (Å²) < 4.78 is 0. The summed E-state index contributed by atoms with van der Waals surface area (Å²) in [6.07, 6.45) is 5.90. The van der Waals surface area contributed by atoms with Crippen molar-refractivity contribution in [1.82, 2.24) is 10.3 Å². The Bertz CT molecular complexity index is 877. The van der Waals surface area contributed by atoms with Crippen LogP contribution in [0.25, 0.3) is 10.9 Å². The molecule has 1 aromatic carbocycles. The van der Waals surface area contributed by atoms with Gasteiger partial charge in [-0.2, -0.15) is 4.99 Å². The summed E-state index contributed by atoms with van der Waals surface area (Å²) in [6.45, 7) is 6.98. The minimum absolute atomic E-state index is 0.106. The maximum Gasteiger partial charge on any atom is 0.239 e. The molecule has 2 heterocycles. The van der Waals surface area contributed by atoms with E-state index in [1.165, 1.54) is 24.8 Å². The van der Waals surface area contributed by atoms with Crippen LogP contribution >= 0.6 is 0 Å². The third kappa shape index (κ3) is 3.90. The fraction of sp³-hybridized carbons (Fsp3) is 0.545. The smallest absolute Gasteiger partial charge is 0.239 e. The molecule has 0 bridgehead atoms. The second-order valence-corrected chi connectivity index (χ2v) is 8.21. The van der Waals surface area contributed by atoms with Gasteiger partial charge >= 0.3 is 0 Å². The van der Waals surface area contributed by atoms with Crippen LogP contribution in [-0.4, -0.2) is 35.6 Å². The van der Waals surface area contributed by atoms with Gasteiger partial charge in [-0.25, -0.2) is 4.98 Å². The van der Waals surface area contributed by atoms with E-state index in [9.17, 15) is 5.21 Å². The monoisotopic (exact) mass is 381 g/mol. The van der Waals surface area contributed by atoms with Gasteiger partial charge in [0.1, 0.15) is 5.82 Å². The van der Waals surface area contributed by atoms with Gasteiger partial charge in [0.2, 0.25) is 5.84 Å². The molecule has 3 atom stereocenters. The fourth-order valence-corrected chi connectivity index (χ4v) is 3.94. The zero-order valence-electron chi connectivity index (χ0n) is 17.1. The van der Waals surface area contributed by atoms with Gasteiger partial charge in [0, 0.05) is 30.9 Å². The molecule has 3 N–H and O–H groups in total. The number of hydrogen-bond donors (Lipinski definition) is 3. The Morgan fingerprint density at radius 2 is 2.11 bits per heavy atom. The van der Waals surface area contributed by atoms with Crippen molar-refractivity contribution in [1.29, 1.82) is 0 Å². The molecule has 0 amide bonds. The van der Waals surface area contributed by atoms with Gasteiger partial charge in [-0.1, -0.05) is 25.0 Å². The Morgan fingerprint density at radius 1 is 1.29 bits per heavy atom. The first-order valence-corrected chi connectivity index (χ1v) is 10.6. The zero-order chi connectivity index (χ0) is 19.7. The number of anilines is 1. The van der Waals surface area contributed by atoms with Gasteiger partial charge in [-0.3, -0.25) is 0 Å². The molecule has 2 aromatic rings. The molecular weight excluding hydrogens is 350 g/mol. The average Bonchev–Trinajstić information content (AvgIpc) is 2.66. The van der Waals surface area contributed by atoms with E-state index in [0.29, 0.717) is 17.9 Å². The second-order valence-electron chi connectivity index (χ2n) is 8.21. The van der Waals surface area contributed by atoms with Gasteiger partial charge < -0.3 is 20.9 Å². The van der Waals surface area contributed by atoms with Crippen molar-refractivity contribution in [3.8, 4) is 0 Å². The lowest BCUT2D eigenvalue weighted by molar-refractivity contribution is -0.797. The van der Waals surface area contributed by atoms with Crippen molar-refractivity contribution >= 4 is 22.6 Å². The largest absolute Gasteiger partial charge is 0.626 e. The third-order valence-electron chi connectivity index (χ3n) is 6.02. The number of quaternary nitrogens is 1. The molecule has 1 aliphatic heterocycles. The van der Waals surface area contributed by atoms with E-state index < -0.39 is 0 Å². The highest BCUT2D eigenvalue weighted by Gasteiger charge is 2.31. The molecule has 1 fully saturated rings. The van der Waals surface area contributed by atoms with Gasteiger partial charge in [-0.15, -0.1) is 0 Å².